The van der Waals surface area contributed by atoms with Gasteiger partial charge in [0.15, 0.2) is 5.65 Å². The number of hydrogen-bond acceptors (Lipinski definition) is 7. The fraction of sp³-hybridized carbons (Fsp3) is 0.684. The fourth-order valence-electron chi connectivity index (χ4n) is 4.18. The van der Waals surface area contributed by atoms with Crippen LogP contribution >= 0.6 is 0 Å². The number of carboxylic acid groups (broad SMARTS) is 1. The van der Waals surface area contributed by atoms with Crippen LogP contribution in [0.2, 0.25) is 0 Å². The molecule has 166 valence electrons. The van der Waals surface area contributed by atoms with Gasteiger partial charge in [0.2, 0.25) is 15.8 Å². The van der Waals surface area contributed by atoms with E-state index in [4.69, 9.17) is 0 Å². The average molecular weight is 439 g/mol. The van der Waals surface area contributed by atoms with Crippen LogP contribution in [0.15, 0.2) is 11.4 Å². The summed E-state index contributed by atoms with van der Waals surface area (Å²) in [7, 11) is -3.62. The van der Waals surface area contributed by atoms with Crippen LogP contribution in [0.3, 0.4) is 0 Å². The Labute approximate surface area is 176 Å². The highest BCUT2D eigenvalue weighted by molar-refractivity contribution is 7.90. The number of nitrogens with zero attached hydrogens (tertiary/aromatic N) is 4. The van der Waals surface area contributed by atoms with E-state index in [1.165, 1.54) is 4.52 Å². The van der Waals surface area contributed by atoms with Crippen LogP contribution < -0.4 is 10.6 Å². The van der Waals surface area contributed by atoms with E-state index in [1.54, 1.807) is 6.20 Å². The molecule has 1 saturated carbocycles. The van der Waals surface area contributed by atoms with Gasteiger partial charge < -0.3 is 15.7 Å². The number of nitrogens with one attached hydrogen (secondary N) is 2. The summed E-state index contributed by atoms with van der Waals surface area (Å²) in [6.45, 7) is 8.02. The minimum absolute atomic E-state index is 0.107. The van der Waals surface area contributed by atoms with Crippen LogP contribution in [0, 0.1) is 5.41 Å². The zero-order valence-corrected chi connectivity index (χ0v) is 18.9. The molecule has 10 nitrogen and oxygen atoms in total. The molecule has 2 aromatic rings. The Kier molecular flexibility index (Phi) is 5.70. The van der Waals surface area contributed by atoms with E-state index in [-0.39, 0.29) is 16.6 Å². The Morgan fingerprint density at radius 2 is 2.07 bits per heavy atom. The Hall–Kier alpha value is -2.43. The summed E-state index contributed by atoms with van der Waals surface area (Å²) in [5.74, 6) is 0.296. The quantitative estimate of drug-likeness (QED) is 0.647. The van der Waals surface area contributed by atoms with Crippen molar-refractivity contribution in [3.05, 3.63) is 11.8 Å². The van der Waals surface area contributed by atoms with Crippen LogP contribution in [0.5, 0.6) is 0 Å². The van der Waals surface area contributed by atoms with Gasteiger partial charge in [-0.2, -0.15) is 19.6 Å². The van der Waals surface area contributed by atoms with Gasteiger partial charge in [0.25, 0.3) is 5.16 Å². The number of hydrogen-bond donors (Lipinski definition) is 3. The standard InChI is InChI=1S/C19H30N6O4S/c1-6-12-11-20-25-14(12)22-16(30(5,28)29)23-15(25)21-13-8-7-9-19(10-13,18(2,3)4)24-17(26)27/h11,13,24H,6-10H2,1-5H3,(H,26,27)(H,21,22,23). The van der Waals surface area contributed by atoms with Crippen LogP contribution in [0.1, 0.15) is 58.9 Å². The lowest BCUT2D eigenvalue weighted by Gasteiger charge is -2.49. The predicted octanol–water partition coefficient (Wildman–Crippen LogP) is 2.50. The van der Waals surface area contributed by atoms with E-state index in [2.05, 4.69) is 25.7 Å². The highest BCUT2D eigenvalue weighted by Crippen LogP contribution is 2.42. The summed E-state index contributed by atoms with van der Waals surface area (Å²) in [4.78, 5) is 20.0. The maximum Gasteiger partial charge on any atom is 0.405 e. The van der Waals surface area contributed by atoms with E-state index in [1.807, 2.05) is 27.7 Å². The summed E-state index contributed by atoms with van der Waals surface area (Å²) >= 11 is 0. The molecule has 30 heavy (non-hydrogen) atoms. The third-order valence-corrected chi connectivity index (χ3v) is 6.85. The van der Waals surface area contributed by atoms with Gasteiger partial charge in [-0.25, -0.2) is 13.2 Å². The first-order chi connectivity index (χ1) is 13.9. The second-order valence-electron chi connectivity index (χ2n) is 9.06. The molecule has 0 radical (unpaired) electrons. The van der Waals surface area contributed by atoms with Crippen LogP contribution in [0.4, 0.5) is 10.7 Å². The molecule has 1 aliphatic rings. The first kappa shape index (κ1) is 22.3. The van der Waals surface area contributed by atoms with Gasteiger partial charge in [-0.05, 0) is 37.5 Å². The Morgan fingerprint density at radius 1 is 1.37 bits per heavy atom. The second kappa shape index (κ2) is 7.68. The molecule has 1 fully saturated rings. The SMILES string of the molecule is CCc1cnn2c(NC3CCCC(NC(=O)O)(C(C)(C)C)C3)nc(S(C)(=O)=O)nc12. The lowest BCUT2D eigenvalue weighted by atomic mass is 9.64. The maximum atomic E-state index is 12.1. The van der Waals surface area contributed by atoms with Gasteiger partial charge in [0, 0.05) is 17.9 Å². The molecular weight excluding hydrogens is 408 g/mol. The van der Waals surface area contributed by atoms with Crippen molar-refractivity contribution in [2.45, 2.75) is 76.5 Å². The molecule has 2 atom stereocenters. The number of rotatable bonds is 5. The molecule has 3 rings (SSSR count). The molecule has 0 saturated heterocycles. The van der Waals surface area contributed by atoms with Gasteiger partial charge in [-0.15, -0.1) is 0 Å². The third-order valence-electron chi connectivity index (χ3n) is 6.00. The molecule has 2 heterocycles. The number of amides is 1. The van der Waals surface area contributed by atoms with E-state index in [9.17, 15) is 18.3 Å². The first-order valence-corrected chi connectivity index (χ1v) is 12.0. The van der Waals surface area contributed by atoms with Gasteiger partial charge >= 0.3 is 6.09 Å². The molecule has 0 aromatic carbocycles. The summed E-state index contributed by atoms with van der Waals surface area (Å²) in [6.07, 6.45) is 5.25. The fourth-order valence-corrected chi connectivity index (χ4v) is 4.68. The van der Waals surface area contributed by atoms with Crippen molar-refractivity contribution >= 4 is 27.5 Å². The molecular formula is C19H30N6O4S. The lowest BCUT2D eigenvalue weighted by Crippen LogP contribution is -2.60. The smallest absolute Gasteiger partial charge is 0.405 e. The zero-order chi connectivity index (χ0) is 22.3. The van der Waals surface area contributed by atoms with Crippen LogP contribution in [-0.4, -0.2) is 57.0 Å². The number of aryl methyl sites for hydroxylation is 1. The predicted molar refractivity (Wildman–Crippen MR) is 112 cm³/mol. The molecule has 2 aromatic heterocycles. The van der Waals surface area contributed by atoms with Crippen molar-refractivity contribution < 1.29 is 18.3 Å². The summed E-state index contributed by atoms with van der Waals surface area (Å²) in [5, 5.41) is 19.6. The average Bonchev–Trinajstić information content (AvgIpc) is 3.03. The van der Waals surface area contributed by atoms with Crippen molar-refractivity contribution in [1.29, 1.82) is 0 Å². The summed E-state index contributed by atoms with van der Waals surface area (Å²) in [5.41, 5.74) is 0.368. The highest BCUT2D eigenvalue weighted by atomic mass is 32.2. The number of anilines is 1. The normalized spacial score (nSPS) is 22.8. The van der Waals surface area contributed by atoms with E-state index in [0.29, 0.717) is 24.4 Å². The zero-order valence-electron chi connectivity index (χ0n) is 18.1. The van der Waals surface area contributed by atoms with Gasteiger partial charge in [0.05, 0.1) is 11.7 Å². The molecule has 3 N–H and O–H groups in total. The third kappa shape index (κ3) is 4.21. The molecule has 11 heteroatoms. The number of fused-ring (bicyclic) bond motifs is 1. The number of sulfone groups is 1. The van der Waals surface area contributed by atoms with E-state index in [0.717, 1.165) is 31.1 Å². The van der Waals surface area contributed by atoms with Crippen LogP contribution in [0.25, 0.3) is 5.65 Å². The van der Waals surface area contributed by atoms with Crippen molar-refractivity contribution in [1.82, 2.24) is 24.9 Å². The van der Waals surface area contributed by atoms with E-state index < -0.39 is 21.5 Å². The Balaban J connectivity index is 2.01. The van der Waals surface area contributed by atoms with Crippen LogP contribution in [-0.2, 0) is 16.3 Å². The molecule has 1 aliphatic carbocycles. The Morgan fingerprint density at radius 3 is 2.63 bits per heavy atom. The van der Waals surface area contributed by atoms with Crippen molar-refractivity contribution in [2.24, 2.45) is 5.41 Å². The largest absolute Gasteiger partial charge is 0.465 e. The molecule has 2 unspecified atom stereocenters. The molecule has 0 bridgehead atoms. The monoisotopic (exact) mass is 438 g/mol. The Bertz CT molecular complexity index is 1060. The maximum absolute atomic E-state index is 12.1. The minimum Gasteiger partial charge on any atom is -0.465 e. The summed E-state index contributed by atoms with van der Waals surface area (Å²) in [6, 6.07) is -0.107. The van der Waals surface area contributed by atoms with Crippen molar-refractivity contribution in [3.63, 3.8) is 0 Å². The van der Waals surface area contributed by atoms with E-state index >= 15 is 0 Å². The topological polar surface area (TPSA) is 139 Å². The number of aromatic nitrogens is 4. The first-order valence-electron chi connectivity index (χ1n) is 10.1. The molecule has 0 spiro atoms. The number of carbonyl (C=O) groups is 1. The molecule has 1 amide bonds. The second-order valence-corrected chi connectivity index (χ2v) is 11.0. The highest BCUT2D eigenvalue weighted by Gasteiger charge is 2.46. The lowest BCUT2D eigenvalue weighted by molar-refractivity contribution is 0.0789. The van der Waals surface area contributed by atoms with Gasteiger partial charge in [0.1, 0.15) is 0 Å². The summed E-state index contributed by atoms with van der Waals surface area (Å²) < 4.78 is 25.8. The van der Waals surface area contributed by atoms with Gasteiger partial charge in [-0.3, -0.25) is 0 Å². The van der Waals surface area contributed by atoms with Crippen molar-refractivity contribution in [3.8, 4) is 0 Å². The minimum atomic E-state index is -3.62. The van der Waals surface area contributed by atoms with Crippen molar-refractivity contribution in [2.75, 3.05) is 11.6 Å². The van der Waals surface area contributed by atoms with Gasteiger partial charge in [-0.1, -0.05) is 27.7 Å². The molecule has 0 aliphatic heterocycles.